The van der Waals surface area contributed by atoms with Crippen LogP contribution >= 0.6 is 23.1 Å². The Morgan fingerprint density at radius 2 is 1.74 bits per heavy atom. The Hall–Kier alpha value is -5.20. The Morgan fingerprint density at radius 3 is 2.53 bits per heavy atom. The van der Waals surface area contributed by atoms with Crippen LogP contribution in [0.2, 0.25) is 0 Å². The van der Waals surface area contributed by atoms with E-state index in [0.29, 0.717) is 38.5 Å². The summed E-state index contributed by atoms with van der Waals surface area (Å²) in [5, 5.41) is 23.1. The molecule has 0 saturated carbocycles. The summed E-state index contributed by atoms with van der Waals surface area (Å²) < 4.78 is 13.5. The number of benzene rings is 3. The quantitative estimate of drug-likeness (QED) is 0.0610. The molecule has 47 heavy (non-hydrogen) atoms. The van der Waals surface area contributed by atoms with Gasteiger partial charge in [0, 0.05) is 11.9 Å². The number of carbonyl (C=O) groups excluding carboxylic acids is 2. The Bertz CT molecular complexity index is 2240. The molecular formula is C35H29N5O5S2. The first-order valence-corrected chi connectivity index (χ1v) is 16.5. The van der Waals surface area contributed by atoms with E-state index in [1.54, 1.807) is 25.1 Å². The number of rotatable bonds is 8. The number of hydrogen-bond donors (Lipinski definition) is 1. The first-order chi connectivity index (χ1) is 22.8. The zero-order valence-electron chi connectivity index (χ0n) is 25.9. The number of pyridine rings is 1. The predicted octanol–water partition coefficient (Wildman–Crippen LogP) is 6.89. The number of thioether (sulfide) groups is 1. The van der Waals surface area contributed by atoms with Gasteiger partial charge in [-0.15, -0.1) is 10.2 Å². The fraction of sp³-hybridized carbons (Fsp3) is 0.171. The molecule has 10 nitrogen and oxygen atoms in total. The van der Waals surface area contributed by atoms with E-state index in [4.69, 9.17) is 9.47 Å². The van der Waals surface area contributed by atoms with E-state index in [9.17, 15) is 14.7 Å². The average molecular weight is 664 g/mol. The molecule has 0 spiro atoms. The zero-order chi connectivity index (χ0) is 32.8. The summed E-state index contributed by atoms with van der Waals surface area (Å²) in [5.41, 5.74) is 3.93. The van der Waals surface area contributed by atoms with Crippen LogP contribution in [0.15, 0.2) is 88.9 Å². The average Bonchev–Trinajstić information content (AvgIpc) is 3.77. The predicted molar refractivity (Wildman–Crippen MR) is 182 cm³/mol. The van der Waals surface area contributed by atoms with E-state index in [0.717, 1.165) is 21.9 Å². The van der Waals surface area contributed by atoms with Gasteiger partial charge in [0.25, 0.3) is 5.78 Å². The molecule has 1 unspecified atom stereocenters. The number of aliphatic hydroxyl groups is 1. The first-order valence-electron chi connectivity index (χ1n) is 14.7. The molecule has 3 aromatic carbocycles. The highest BCUT2D eigenvalue weighted by molar-refractivity contribution is 8.00. The maximum absolute atomic E-state index is 13.9. The van der Waals surface area contributed by atoms with Gasteiger partial charge in [0.05, 0.1) is 31.5 Å². The van der Waals surface area contributed by atoms with Crippen LogP contribution in [0, 0.1) is 13.8 Å². The van der Waals surface area contributed by atoms with Crippen molar-refractivity contribution in [2.75, 3.05) is 19.1 Å². The molecule has 1 amide bonds. The van der Waals surface area contributed by atoms with Gasteiger partial charge in [0.15, 0.2) is 21.6 Å². The highest BCUT2D eigenvalue weighted by Crippen LogP contribution is 2.46. The van der Waals surface area contributed by atoms with Crippen molar-refractivity contribution in [2.24, 2.45) is 0 Å². The summed E-state index contributed by atoms with van der Waals surface area (Å²) in [5.74, 6) is -0.537. The number of carbonyl (C=O) groups is 2. The fourth-order valence-electron chi connectivity index (χ4n) is 5.96. The highest BCUT2D eigenvalue weighted by Gasteiger charge is 2.49. The van der Waals surface area contributed by atoms with Crippen LogP contribution in [0.3, 0.4) is 0 Å². The van der Waals surface area contributed by atoms with Crippen LogP contribution < -0.4 is 14.4 Å². The second kappa shape index (κ2) is 12.2. The van der Waals surface area contributed by atoms with Crippen molar-refractivity contribution in [3.63, 3.8) is 0 Å². The summed E-state index contributed by atoms with van der Waals surface area (Å²) in [4.78, 5) is 33.7. The van der Waals surface area contributed by atoms with E-state index in [1.165, 1.54) is 42.2 Å². The van der Waals surface area contributed by atoms with Gasteiger partial charge in [-0.1, -0.05) is 77.7 Å². The number of aromatic nitrogens is 4. The number of Topliss-reactive ketones (excluding diaryl/α,β-unsaturated/α-hetero) is 1. The number of amides is 1. The van der Waals surface area contributed by atoms with Crippen LogP contribution in [0.4, 0.5) is 5.13 Å². The Kier molecular flexibility index (Phi) is 7.90. The van der Waals surface area contributed by atoms with Crippen molar-refractivity contribution in [3.05, 3.63) is 113 Å². The van der Waals surface area contributed by atoms with Crippen LogP contribution in [0.25, 0.3) is 22.2 Å². The second-order valence-electron chi connectivity index (χ2n) is 11.0. The van der Waals surface area contributed by atoms with Crippen molar-refractivity contribution in [2.45, 2.75) is 30.0 Å². The molecule has 12 heteroatoms. The van der Waals surface area contributed by atoms with E-state index in [-0.39, 0.29) is 22.2 Å². The van der Waals surface area contributed by atoms with Crippen molar-refractivity contribution < 1.29 is 24.2 Å². The van der Waals surface area contributed by atoms with E-state index < -0.39 is 17.7 Å². The van der Waals surface area contributed by atoms with Gasteiger partial charge in [-0.25, -0.2) is 4.98 Å². The van der Waals surface area contributed by atoms with Crippen molar-refractivity contribution in [3.8, 4) is 11.5 Å². The largest absolute Gasteiger partial charge is 0.505 e. The Labute approximate surface area is 278 Å². The van der Waals surface area contributed by atoms with Crippen LogP contribution in [-0.4, -0.2) is 50.6 Å². The van der Waals surface area contributed by atoms with Gasteiger partial charge in [0.1, 0.15) is 11.3 Å². The Balaban J connectivity index is 1.32. The molecule has 1 aliphatic heterocycles. The molecule has 3 aromatic heterocycles. The molecule has 1 aliphatic rings. The number of anilines is 1. The third kappa shape index (κ3) is 5.19. The van der Waals surface area contributed by atoms with Gasteiger partial charge in [0.2, 0.25) is 5.13 Å². The maximum atomic E-state index is 13.9. The fourth-order valence-corrected chi connectivity index (χ4v) is 7.83. The summed E-state index contributed by atoms with van der Waals surface area (Å²) in [6.07, 6.45) is 1.84. The number of aliphatic hydroxyl groups excluding tert-OH is 1. The molecular weight excluding hydrogens is 635 g/mol. The van der Waals surface area contributed by atoms with Crippen molar-refractivity contribution in [1.29, 1.82) is 0 Å². The number of nitrogens with zero attached hydrogens (tertiary/aromatic N) is 5. The van der Waals surface area contributed by atoms with Crippen LogP contribution in [0.1, 0.15) is 34.1 Å². The molecule has 0 bridgehead atoms. The number of ether oxygens (including phenoxy) is 2. The van der Waals surface area contributed by atoms with E-state index in [2.05, 4.69) is 39.4 Å². The number of methoxy groups -OCH3 is 2. The third-order valence-electron chi connectivity index (χ3n) is 8.31. The summed E-state index contributed by atoms with van der Waals surface area (Å²) in [7, 11) is 3.03. The molecule has 236 valence electrons. The number of ketones is 1. The van der Waals surface area contributed by atoms with Crippen molar-refractivity contribution >= 4 is 62.1 Å². The summed E-state index contributed by atoms with van der Waals surface area (Å²) in [6, 6.07) is 22.2. The van der Waals surface area contributed by atoms with E-state index >= 15 is 0 Å². The molecule has 1 saturated heterocycles. The monoisotopic (exact) mass is 663 g/mol. The second-order valence-corrected chi connectivity index (χ2v) is 13.2. The lowest BCUT2D eigenvalue weighted by Gasteiger charge is -2.23. The lowest BCUT2D eigenvalue weighted by molar-refractivity contribution is -0.132. The molecule has 7 rings (SSSR count). The van der Waals surface area contributed by atoms with Crippen LogP contribution in [-0.2, 0) is 15.3 Å². The molecule has 0 radical (unpaired) electrons. The van der Waals surface area contributed by atoms with Gasteiger partial charge < -0.3 is 19.0 Å². The minimum Gasteiger partial charge on any atom is -0.505 e. The van der Waals surface area contributed by atoms with Gasteiger partial charge in [-0.05, 0) is 59.5 Å². The summed E-state index contributed by atoms with van der Waals surface area (Å²) in [6.45, 7) is 3.72. The number of imidazole rings is 1. The third-order valence-corrected chi connectivity index (χ3v) is 10.4. The zero-order valence-corrected chi connectivity index (χ0v) is 27.6. The maximum Gasteiger partial charge on any atom is 0.301 e. The SMILES string of the molecule is COc1ccc(C2C(=C(O)c3nc4c(C)cccn4c3C)C(=O)C(=O)N2c2nnc(SCc3cccc4ccccc34)s2)cc1OC. The lowest BCUT2D eigenvalue weighted by atomic mass is 9.96. The molecule has 1 atom stereocenters. The van der Waals surface area contributed by atoms with Gasteiger partial charge in [-0.2, -0.15) is 0 Å². The van der Waals surface area contributed by atoms with Gasteiger partial charge >= 0.3 is 5.91 Å². The summed E-state index contributed by atoms with van der Waals surface area (Å²) >= 11 is 2.71. The Morgan fingerprint density at radius 1 is 0.957 bits per heavy atom. The number of hydrogen-bond acceptors (Lipinski definition) is 10. The highest BCUT2D eigenvalue weighted by atomic mass is 32.2. The normalized spacial score (nSPS) is 16.0. The molecule has 4 heterocycles. The minimum absolute atomic E-state index is 0.105. The standard InChI is InChI=1S/C35H29N5O5S2/c1-19-9-8-16-39-20(2)28(36-32(19)39)30(41)27-29(22-14-15-25(44-3)26(17-22)45-4)40(33(43)31(27)42)34-37-38-35(47-34)46-18-23-12-7-11-21-10-5-6-13-24(21)23/h5-17,29,41H,18H2,1-4H3. The topological polar surface area (TPSA) is 119 Å². The van der Waals surface area contributed by atoms with Crippen LogP contribution in [0.5, 0.6) is 11.5 Å². The molecule has 6 aromatic rings. The minimum atomic E-state index is -1.04. The molecule has 0 aliphatic carbocycles. The van der Waals surface area contributed by atoms with E-state index in [1.807, 2.05) is 47.9 Å². The number of aryl methyl sites for hydroxylation is 2. The molecule has 1 fully saturated rings. The lowest BCUT2D eigenvalue weighted by Crippen LogP contribution is -2.29. The molecule has 1 N–H and O–H groups in total. The first kappa shape index (κ1) is 30.5. The number of fused-ring (bicyclic) bond motifs is 2. The van der Waals surface area contributed by atoms with Gasteiger partial charge in [-0.3, -0.25) is 14.5 Å². The van der Waals surface area contributed by atoms with Crippen molar-refractivity contribution in [1.82, 2.24) is 19.6 Å². The smallest absolute Gasteiger partial charge is 0.301 e.